The summed E-state index contributed by atoms with van der Waals surface area (Å²) in [6.45, 7) is 13.1. The normalized spacial score (nSPS) is 21.1. The zero-order valence-corrected chi connectivity index (χ0v) is 17.8. The van der Waals surface area contributed by atoms with Crippen LogP contribution in [0.15, 0.2) is 23.3 Å². The summed E-state index contributed by atoms with van der Waals surface area (Å²) < 4.78 is 0. The summed E-state index contributed by atoms with van der Waals surface area (Å²) in [5.74, 6) is 0.126. The van der Waals surface area contributed by atoms with Crippen LogP contribution in [0.1, 0.15) is 59.8 Å². The molecule has 1 aliphatic heterocycles. The summed E-state index contributed by atoms with van der Waals surface area (Å²) in [7, 11) is 0. The summed E-state index contributed by atoms with van der Waals surface area (Å²) in [5, 5.41) is 4.11. The van der Waals surface area contributed by atoms with Gasteiger partial charge in [-0.3, -0.25) is 4.79 Å². The van der Waals surface area contributed by atoms with Crippen LogP contribution < -0.4 is 5.32 Å². The highest BCUT2D eigenvalue weighted by Gasteiger charge is 2.27. The number of carbonyl (C=O) groups excluding carboxylic acids is 1. The van der Waals surface area contributed by atoms with Gasteiger partial charge in [-0.05, 0) is 62.2 Å². The van der Waals surface area contributed by atoms with E-state index in [1.807, 2.05) is 4.90 Å². The van der Waals surface area contributed by atoms with Gasteiger partial charge in [0.1, 0.15) is 0 Å². The van der Waals surface area contributed by atoms with Crippen molar-refractivity contribution in [1.29, 1.82) is 0 Å². The Balaban J connectivity index is 1.95. The highest BCUT2D eigenvalue weighted by Crippen LogP contribution is 2.40. The van der Waals surface area contributed by atoms with Crippen molar-refractivity contribution in [3.63, 3.8) is 0 Å². The van der Waals surface area contributed by atoms with Crippen LogP contribution in [0, 0.1) is 5.41 Å². The van der Waals surface area contributed by atoms with E-state index in [-0.39, 0.29) is 11.3 Å². The molecule has 0 aromatic heterocycles. The predicted molar refractivity (Wildman–Crippen MR) is 113 cm³/mol. The van der Waals surface area contributed by atoms with Crippen LogP contribution in [0.25, 0.3) is 0 Å². The molecule has 1 heterocycles. The number of rotatable bonds is 4. The van der Waals surface area contributed by atoms with Crippen molar-refractivity contribution < 1.29 is 4.79 Å². The number of carbonyl (C=O) groups is 1. The molecule has 0 bridgehead atoms. The second-order valence-corrected chi connectivity index (χ2v) is 8.55. The fourth-order valence-corrected chi connectivity index (χ4v) is 4.24. The van der Waals surface area contributed by atoms with Crippen LogP contribution >= 0.6 is 12.2 Å². The second kappa shape index (κ2) is 9.54. The first kappa shape index (κ1) is 20.9. The van der Waals surface area contributed by atoms with Crippen molar-refractivity contribution in [1.82, 2.24) is 15.1 Å². The van der Waals surface area contributed by atoms with Gasteiger partial charge in [-0.15, -0.1) is 0 Å². The summed E-state index contributed by atoms with van der Waals surface area (Å²) in [4.78, 5) is 16.9. The molecule has 0 saturated carbocycles. The molecule has 0 aromatic rings. The van der Waals surface area contributed by atoms with E-state index in [4.69, 9.17) is 12.2 Å². The van der Waals surface area contributed by atoms with E-state index in [9.17, 15) is 4.79 Å². The largest absolute Gasteiger partial charge is 0.363 e. The maximum Gasteiger partial charge on any atom is 0.246 e. The lowest BCUT2D eigenvalue weighted by atomic mass is 9.72. The molecule has 1 fully saturated rings. The fourth-order valence-electron chi connectivity index (χ4n) is 3.96. The minimum Gasteiger partial charge on any atom is -0.363 e. The number of allylic oxidation sites excluding steroid dienone is 3. The lowest BCUT2D eigenvalue weighted by Crippen LogP contribution is -2.42. The van der Waals surface area contributed by atoms with Crippen molar-refractivity contribution in [2.45, 2.75) is 59.8 Å². The topological polar surface area (TPSA) is 35.6 Å². The molecular weight excluding hydrogens is 342 g/mol. The number of hydrogen-bond acceptors (Lipinski definition) is 2. The van der Waals surface area contributed by atoms with E-state index in [1.165, 1.54) is 24.0 Å². The fraction of sp³-hybridized carbons (Fsp3) is 0.714. The van der Waals surface area contributed by atoms with Crippen molar-refractivity contribution in [3.8, 4) is 0 Å². The van der Waals surface area contributed by atoms with E-state index in [1.54, 1.807) is 6.08 Å². The number of thiocarbonyl (C=S) groups is 1. The average Bonchev–Trinajstić information content (AvgIpc) is 2.84. The molecule has 1 aliphatic carbocycles. The quantitative estimate of drug-likeness (QED) is 0.596. The van der Waals surface area contributed by atoms with Gasteiger partial charge in [-0.1, -0.05) is 32.4 Å². The Hall–Kier alpha value is -1.36. The van der Waals surface area contributed by atoms with Crippen molar-refractivity contribution >= 4 is 23.2 Å². The van der Waals surface area contributed by atoms with Gasteiger partial charge in [-0.25, -0.2) is 0 Å². The smallest absolute Gasteiger partial charge is 0.246 e. The Labute approximate surface area is 164 Å². The van der Waals surface area contributed by atoms with E-state index < -0.39 is 0 Å². The van der Waals surface area contributed by atoms with Gasteiger partial charge in [0.15, 0.2) is 5.11 Å². The second-order valence-electron chi connectivity index (χ2n) is 8.16. The first-order valence-corrected chi connectivity index (χ1v) is 10.5. The van der Waals surface area contributed by atoms with Crippen LogP contribution in [0.5, 0.6) is 0 Å². The highest BCUT2D eigenvalue weighted by atomic mass is 32.1. The third kappa shape index (κ3) is 5.57. The number of nitrogens with zero attached hydrogens (tertiary/aromatic N) is 2. The number of amides is 1. The Morgan fingerprint density at radius 2 is 1.88 bits per heavy atom. The van der Waals surface area contributed by atoms with E-state index >= 15 is 0 Å². The Kier molecular flexibility index (Phi) is 7.69. The van der Waals surface area contributed by atoms with E-state index in [0.717, 1.165) is 57.1 Å². The molecule has 26 heavy (non-hydrogen) atoms. The molecular formula is C21H35N3OS. The third-order valence-corrected chi connectivity index (χ3v) is 5.96. The lowest BCUT2D eigenvalue weighted by Gasteiger charge is -2.33. The average molecular weight is 378 g/mol. The summed E-state index contributed by atoms with van der Waals surface area (Å²) >= 11 is 5.47. The maximum atomic E-state index is 12.7. The Morgan fingerprint density at radius 1 is 1.19 bits per heavy atom. The number of nitrogens with one attached hydrogen (secondary N) is 1. The lowest BCUT2D eigenvalue weighted by molar-refractivity contribution is -0.125. The Bertz CT molecular complexity index is 580. The SMILES string of the molecule is CCCNC(=S)N1CCCN(C(=O)/C=C/C2=C(C)CCCC2(C)C)CC1. The molecule has 5 heteroatoms. The summed E-state index contributed by atoms with van der Waals surface area (Å²) in [6.07, 6.45) is 9.48. The first-order valence-electron chi connectivity index (χ1n) is 10.0. The summed E-state index contributed by atoms with van der Waals surface area (Å²) in [6, 6.07) is 0. The molecule has 1 amide bonds. The van der Waals surface area contributed by atoms with Gasteiger partial charge in [0.25, 0.3) is 0 Å². The van der Waals surface area contributed by atoms with Crippen LogP contribution in [0.3, 0.4) is 0 Å². The predicted octanol–water partition coefficient (Wildman–Crippen LogP) is 3.89. The monoisotopic (exact) mass is 377 g/mol. The van der Waals surface area contributed by atoms with Gasteiger partial charge in [0.05, 0.1) is 0 Å². The van der Waals surface area contributed by atoms with Gasteiger partial charge in [0, 0.05) is 38.8 Å². The minimum absolute atomic E-state index is 0.126. The molecule has 1 saturated heterocycles. The number of hydrogen-bond donors (Lipinski definition) is 1. The summed E-state index contributed by atoms with van der Waals surface area (Å²) in [5.41, 5.74) is 2.95. The van der Waals surface area contributed by atoms with Gasteiger partial charge < -0.3 is 15.1 Å². The highest BCUT2D eigenvalue weighted by molar-refractivity contribution is 7.80. The molecule has 0 spiro atoms. The molecule has 2 rings (SSSR count). The van der Waals surface area contributed by atoms with E-state index in [0.29, 0.717) is 0 Å². The molecule has 2 aliphatic rings. The van der Waals surface area contributed by atoms with Gasteiger partial charge in [-0.2, -0.15) is 0 Å². The third-order valence-electron chi connectivity index (χ3n) is 5.56. The first-order chi connectivity index (χ1) is 12.3. The van der Waals surface area contributed by atoms with Crippen LogP contribution in [0.2, 0.25) is 0 Å². The molecule has 146 valence electrons. The van der Waals surface area contributed by atoms with Crippen LogP contribution in [-0.2, 0) is 4.79 Å². The minimum atomic E-state index is 0.126. The van der Waals surface area contributed by atoms with Gasteiger partial charge >= 0.3 is 0 Å². The van der Waals surface area contributed by atoms with Crippen molar-refractivity contribution in [3.05, 3.63) is 23.3 Å². The molecule has 4 nitrogen and oxygen atoms in total. The van der Waals surface area contributed by atoms with Crippen LogP contribution in [-0.4, -0.2) is 53.5 Å². The zero-order valence-electron chi connectivity index (χ0n) is 16.9. The molecule has 0 aromatic carbocycles. The van der Waals surface area contributed by atoms with E-state index in [2.05, 4.69) is 44.0 Å². The molecule has 0 radical (unpaired) electrons. The van der Waals surface area contributed by atoms with Gasteiger partial charge in [0.2, 0.25) is 5.91 Å². The maximum absolute atomic E-state index is 12.7. The standard InChI is InChI=1S/C21H35N3OS/c1-5-12-22-20(26)24-14-7-13-23(15-16-24)19(25)10-9-18-17(2)8-6-11-21(18,3)4/h9-10H,5-8,11-16H2,1-4H3,(H,22,26)/b10-9+. The van der Waals surface area contributed by atoms with Crippen molar-refractivity contribution in [2.75, 3.05) is 32.7 Å². The molecule has 0 unspecified atom stereocenters. The zero-order chi connectivity index (χ0) is 19.2. The van der Waals surface area contributed by atoms with Crippen LogP contribution in [0.4, 0.5) is 0 Å². The molecule has 1 N–H and O–H groups in total. The van der Waals surface area contributed by atoms with Crippen molar-refractivity contribution in [2.24, 2.45) is 5.41 Å². The molecule has 0 atom stereocenters. The Morgan fingerprint density at radius 3 is 2.58 bits per heavy atom.